The minimum Gasteiger partial charge on any atom is -0.277 e. The summed E-state index contributed by atoms with van der Waals surface area (Å²) in [4.78, 5) is 10.1. The Labute approximate surface area is 323 Å². The van der Waals surface area contributed by atoms with Crippen molar-refractivity contribution in [3.8, 4) is 0 Å². The van der Waals surface area contributed by atoms with Crippen molar-refractivity contribution < 1.29 is 0 Å². The highest BCUT2D eigenvalue weighted by Crippen LogP contribution is 2.28. The Bertz CT molecular complexity index is 1700. The van der Waals surface area contributed by atoms with Crippen molar-refractivity contribution >= 4 is 11.4 Å². The third-order valence-electron chi connectivity index (χ3n) is 7.71. The lowest BCUT2D eigenvalue weighted by Crippen LogP contribution is -2.18. The smallest absolute Gasteiger partial charge is 0.100 e. The maximum atomic E-state index is 5.14. The molecule has 0 atom stereocenters. The number of hydrogen-bond donors (Lipinski definition) is 0. The summed E-state index contributed by atoms with van der Waals surface area (Å²) >= 11 is 0. The second-order valence-corrected chi connectivity index (χ2v) is 11.4. The van der Waals surface area contributed by atoms with Crippen LogP contribution in [0.4, 0.5) is 0 Å². The van der Waals surface area contributed by atoms with Gasteiger partial charge in [-0.25, -0.2) is 0 Å². The van der Waals surface area contributed by atoms with Gasteiger partial charge in [0.15, 0.2) is 0 Å². The van der Waals surface area contributed by atoms with Gasteiger partial charge >= 0.3 is 0 Å². The van der Waals surface area contributed by atoms with Crippen LogP contribution in [0.2, 0.25) is 0 Å². The SMILES string of the molecule is CC.CC.CC.CC.CC(=NC(c1ccccc1)c1ccccc1)c1ccccc1.CC(C)(N=C(c1ccccc1)c1ccccc1)c1ccccc1. The zero-order valence-corrected chi connectivity index (χ0v) is 34.3. The molecular formula is C51H64N2. The molecule has 278 valence electrons. The van der Waals surface area contributed by atoms with Gasteiger partial charge in [0.05, 0.1) is 11.3 Å². The van der Waals surface area contributed by atoms with Gasteiger partial charge in [0.1, 0.15) is 6.04 Å². The molecule has 6 rings (SSSR count). The monoisotopic (exact) mass is 705 g/mol. The molecule has 0 aliphatic carbocycles. The van der Waals surface area contributed by atoms with Gasteiger partial charge in [-0.05, 0) is 43.0 Å². The molecule has 6 aromatic rings. The quantitative estimate of drug-likeness (QED) is 0.141. The predicted octanol–water partition coefficient (Wildman–Crippen LogP) is 14.8. The van der Waals surface area contributed by atoms with E-state index in [1.54, 1.807) is 0 Å². The molecule has 0 unspecified atom stereocenters. The first kappa shape index (κ1) is 45.7. The van der Waals surface area contributed by atoms with Crippen LogP contribution < -0.4 is 0 Å². The van der Waals surface area contributed by atoms with Crippen molar-refractivity contribution in [1.82, 2.24) is 0 Å². The van der Waals surface area contributed by atoms with Crippen LogP contribution >= 0.6 is 0 Å². The Morgan fingerprint density at radius 2 is 0.679 bits per heavy atom. The molecule has 0 saturated heterocycles. The number of nitrogens with zero attached hydrogens (tertiary/aromatic N) is 2. The van der Waals surface area contributed by atoms with E-state index in [4.69, 9.17) is 9.98 Å². The third kappa shape index (κ3) is 15.4. The predicted molar refractivity (Wildman–Crippen MR) is 237 cm³/mol. The van der Waals surface area contributed by atoms with Crippen LogP contribution in [0.15, 0.2) is 192 Å². The molecule has 0 spiro atoms. The molecule has 0 bridgehead atoms. The summed E-state index contributed by atoms with van der Waals surface area (Å²) in [6, 6.07) is 62.5. The fourth-order valence-corrected chi connectivity index (χ4v) is 5.24. The van der Waals surface area contributed by atoms with E-state index in [2.05, 4.69) is 154 Å². The maximum Gasteiger partial charge on any atom is 0.100 e. The van der Waals surface area contributed by atoms with Gasteiger partial charge in [-0.2, -0.15) is 0 Å². The molecule has 2 heteroatoms. The molecule has 0 heterocycles. The molecular weight excluding hydrogens is 641 g/mol. The van der Waals surface area contributed by atoms with Gasteiger partial charge in [-0.1, -0.05) is 237 Å². The highest BCUT2D eigenvalue weighted by molar-refractivity contribution is 6.13. The van der Waals surface area contributed by atoms with E-state index < -0.39 is 0 Å². The Morgan fingerprint density at radius 3 is 1.02 bits per heavy atom. The van der Waals surface area contributed by atoms with Crippen molar-refractivity contribution in [2.45, 2.75) is 87.7 Å². The van der Waals surface area contributed by atoms with Crippen molar-refractivity contribution in [2.75, 3.05) is 0 Å². The summed E-state index contributed by atoms with van der Waals surface area (Å²) < 4.78 is 0. The average Bonchev–Trinajstić information content (AvgIpc) is 3.27. The Balaban J connectivity index is 0.000000447. The van der Waals surface area contributed by atoms with Crippen molar-refractivity contribution in [3.05, 3.63) is 215 Å². The first-order valence-corrected chi connectivity index (χ1v) is 19.5. The molecule has 0 saturated carbocycles. The summed E-state index contributed by atoms with van der Waals surface area (Å²) in [6.07, 6.45) is 0. The second-order valence-electron chi connectivity index (χ2n) is 11.4. The third-order valence-corrected chi connectivity index (χ3v) is 7.71. The van der Waals surface area contributed by atoms with Crippen LogP contribution in [0.25, 0.3) is 0 Å². The largest absolute Gasteiger partial charge is 0.277 e. The minimum absolute atomic E-state index is 0.0302. The normalized spacial score (nSPS) is 10.1. The van der Waals surface area contributed by atoms with Gasteiger partial charge in [-0.3, -0.25) is 9.98 Å². The highest BCUT2D eigenvalue weighted by atomic mass is 14.9. The fourth-order valence-electron chi connectivity index (χ4n) is 5.24. The molecule has 2 nitrogen and oxygen atoms in total. The van der Waals surface area contributed by atoms with E-state index in [9.17, 15) is 0 Å². The van der Waals surface area contributed by atoms with Gasteiger partial charge in [0, 0.05) is 16.8 Å². The van der Waals surface area contributed by atoms with Crippen LogP contribution in [0, 0.1) is 0 Å². The first-order valence-electron chi connectivity index (χ1n) is 19.5. The minimum atomic E-state index is -0.289. The number of benzene rings is 6. The van der Waals surface area contributed by atoms with Crippen molar-refractivity contribution in [3.63, 3.8) is 0 Å². The van der Waals surface area contributed by atoms with E-state index in [1.165, 1.54) is 22.3 Å². The number of rotatable bonds is 8. The lowest BCUT2D eigenvalue weighted by molar-refractivity contribution is 0.559. The van der Waals surface area contributed by atoms with E-state index in [0.717, 1.165) is 22.6 Å². The molecule has 0 aliphatic heterocycles. The molecule has 0 radical (unpaired) electrons. The van der Waals surface area contributed by atoms with Crippen molar-refractivity contribution in [1.29, 1.82) is 0 Å². The Morgan fingerprint density at radius 1 is 0.396 bits per heavy atom. The lowest BCUT2D eigenvalue weighted by atomic mass is 9.93. The van der Waals surface area contributed by atoms with Crippen molar-refractivity contribution in [2.24, 2.45) is 9.98 Å². The highest BCUT2D eigenvalue weighted by Gasteiger charge is 2.21. The van der Waals surface area contributed by atoms with Crippen LogP contribution in [0.3, 0.4) is 0 Å². The Kier molecular flexibility index (Phi) is 23.6. The van der Waals surface area contributed by atoms with E-state index in [0.29, 0.717) is 0 Å². The van der Waals surface area contributed by atoms with Gasteiger partial charge in [0.25, 0.3) is 0 Å². The summed E-state index contributed by atoms with van der Waals surface area (Å²) in [7, 11) is 0. The van der Waals surface area contributed by atoms with Gasteiger partial charge < -0.3 is 0 Å². The first-order chi connectivity index (χ1) is 26.0. The molecule has 0 fully saturated rings. The Hall–Kier alpha value is -5.34. The topological polar surface area (TPSA) is 24.7 Å². The zero-order chi connectivity index (χ0) is 39.3. The van der Waals surface area contributed by atoms with Gasteiger partial charge in [-0.15, -0.1) is 0 Å². The van der Waals surface area contributed by atoms with Crippen LogP contribution in [-0.4, -0.2) is 11.4 Å². The molecule has 53 heavy (non-hydrogen) atoms. The standard InChI is InChI=1S/C22H21N.C21H19N.4C2H6/c1-22(2,20-16-10-5-11-17-20)23-21(18-12-6-3-7-13-18)19-14-8-4-9-15-19;1-17(18-11-5-2-6-12-18)22-21(19-13-7-3-8-14-19)20-15-9-4-10-16-20;4*1-2/h3-17H,1-2H3;2-16,21H,1H3;4*1-2H3. The summed E-state index contributed by atoms with van der Waals surface area (Å²) in [6.45, 7) is 22.4. The van der Waals surface area contributed by atoms with E-state index >= 15 is 0 Å². The van der Waals surface area contributed by atoms with E-state index in [-0.39, 0.29) is 11.6 Å². The van der Waals surface area contributed by atoms with Crippen LogP contribution in [0.5, 0.6) is 0 Å². The number of hydrogen-bond acceptors (Lipinski definition) is 2. The molecule has 0 amide bonds. The second kappa shape index (κ2) is 27.3. The fraction of sp³-hybridized carbons (Fsp3) is 0.255. The van der Waals surface area contributed by atoms with E-state index in [1.807, 2.05) is 104 Å². The summed E-state index contributed by atoms with van der Waals surface area (Å²) in [5.74, 6) is 0. The summed E-state index contributed by atoms with van der Waals surface area (Å²) in [5.41, 5.74) is 8.88. The lowest BCUT2D eigenvalue weighted by Gasteiger charge is -2.23. The molecule has 0 N–H and O–H groups in total. The molecule has 6 aromatic carbocycles. The zero-order valence-electron chi connectivity index (χ0n) is 34.3. The van der Waals surface area contributed by atoms with Gasteiger partial charge in [0.2, 0.25) is 0 Å². The number of aliphatic imine (C=N–C) groups is 2. The molecule has 0 aromatic heterocycles. The molecule has 0 aliphatic rings. The van der Waals surface area contributed by atoms with Crippen LogP contribution in [-0.2, 0) is 5.54 Å². The summed E-state index contributed by atoms with van der Waals surface area (Å²) in [5, 5.41) is 0. The maximum absolute atomic E-state index is 5.14. The average molecular weight is 705 g/mol. The van der Waals surface area contributed by atoms with Crippen LogP contribution in [0.1, 0.15) is 116 Å².